The zero-order valence-corrected chi connectivity index (χ0v) is 14.9. The van der Waals surface area contributed by atoms with Gasteiger partial charge in [-0.1, -0.05) is 18.2 Å². The minimum atomic E-state index is -0.0273. The van der Waals surface area contributed by atoms with E-state index in [2.05, 4.69) is 23.6 Å². The number of hydrogen-bond acceptors (Lipinski definition) is 4. The average Bonchev–Trinajstić information content (AvgIpc) is 3.31. The maximum Gasteiger partial charge on any atom is 0.264 e. The van der Waals surface area contributed by atoms with Gasteiger partial charge in [0, 0.05) is 11.4 Å². The summed E-state index contributed by atoms with van der Waals surface area (Å²) < 4.78 is 5.27. The molecule has 1 aliphatic rings. The Bertz CT molecular complexity index is 837. The third-order valence-electron chi connectivity index (χ3n) is 4.39. The molecule has 4 rings (SSSR count). The first kappa shape index (κ1) is 15.4. The van der Waals surface area contributed by atoms with Crippen molar-refractivity contribution in [2.24, 2.45) is 0 Å². The Labute approximate surface area is 149 Å². The van der Waals surface area contributed by atoms with E-state index in [9.17, 15) is 4.79 Å². The molecular weight excluding hydrogens is 338 g/mol. The van der Waals surface area contributed by atoms with E-state index < -0.39 is 0 Å². The SMILES string of the molecule is COc1ccc(C2c3ccsc3CCN2C(=O)c2cccs2)cc1. The molecule has 0 aliphatic carbocycles. The fourth-order valence-electron chi connectivity index (χ4n) is 3.22. The molecule has 3 aromatic rings. The number of methoxy groups -OCH3 is 1. The van der Waals surface area contributed by atoms with Crippen LogP contribution in [0.3, 0.4) is 0 Å². The van der Waals surface area contributed by atoms with Crippen LogP contribution in [0.15, 0.2) is 53.2 Å². The summed E-state index contributed by atoms with van der Waals surface area (Å²) >= 11 is 3.29. The van der Waals surface area contributed by atoms with Gasteiger partial charge in [0.1, 0.15) is 5.75 Å². The Morgan fingerprint density at radius 2 is 1.96 bits per heavy atom. The maximum atomic E-state index is 13.0. The summed E-state index contributed by atoms with van der Waals surface area (Å²) in [5.74, 6) is 0.943. The van der Waals surface area contributed by atoms with Crippen LogP contribution in [0.25, 0.3) is 0 Å². The monoisotopic (exact) mass is 355 g/mol. The summed E-state index contributed by atoms with van der Waals surface area (Å²) in [7, 11) is 1.67. The Morgan fingerprint density at radius 1 is 1.12 bits per heavy atom. The van der Waals surface area contributed by atoms with Gasteiger partial charge in [-0.2, -0.15) is 0 Å². The quantitative estimate of drug-likeness (QED) is 0.687. The van der Waals surface area contributed by atoms with Crippen molar-refractivity contribution in [2.75, 3.05) is 13.7 Å². The molecule has 1 aliphatic heterocycles. The molecule has 0 spiro atoms. The lowest BCUT2D eigenvalue weighted by atomic mass is 9.93. The minimum absolute atomic E-state index is 0.0273. The molecule has 1 amide bonds. The maximum absolute atomic E-state index is 13.0. The number of carbonyl (C=O) groups excluding carboxylic acids is 1. The second kappa shape index (κ2) is 6.42. The van der Waals surface area contributed by atoms with Crippen molar-refractivity contribution in [3.63, 3.8) is 0 Å². The van der Waals surface area contributed by atoms with Crippen LogP contribution in [0.2, 0.25) is 0 Å². The van der Waals surface area contributed by atoms with E-state index >= 15 is 0 Å². The van der Waals surface area contributed by atoms with Crippen molar-refractivity contribution in [3.05, 3.63) is 74.1 Å². The summed E-state index contributed by atoms with van der Waals surface area (Å²) in [5.41, 5.74) is 2.38. The number of rotatable bonds is 3. The second-order valence-corrected chi connectivity index (χ2v) is 7.65. The molecule has 1 unspecified atom stereocenters. The van der Waals surface area contributed by atoms with Gasteiger partial charge in [0.25, 0.3) is 5.91 Å². The highest BCUT2D eigenvalue weighted by Crippen LogP contribution is 2.39. The normalized spacial score (nSPS) is 16.7. The number of benzene rings is 1. The number of amides is 1. The van der Waals surface area contributed by atoms with Crippen LogP contribution in [-0.2, 0) is 6.42 Å². The third kappa shape index (κ3) is 2.64. The molecule has 3 nitrogen and oxygen atoms in total. The summed E-state index contributed by atoms with van der Waals surface area (Å²) in [4.78, 5) is 17.2. The zero-order valence-electron chi connectivity index (χ0n) is 13.3. The summed E-state index contributed by atoms with van der Waals surface area (Å²) in [6.45, 7) is 0.751. The van der Waals surface area contributed by atoms with Crippen molar-refractivity contribution >= 4 is 28.6 Å². The highest BCUT2D eigenvalue weighted by molar-refractivity contribution is 7.12. The Kier molecular flexibility index (Phi) is 4.12. The Hall–Kier alpha value is -2.11. The minimum Gasteiger partial charge on any atom is -0.497 e. The zero-order chi connectivity index (χ0) is 16.5. The van der Waals surface area contributed by atoms with E-state index in [1.54, 1.807) is 18.4 Å². The van der Waals surface area contributed by atoms with Gasteiger partial charge in [-0.3, -0.25) is 4.79 Å². The third-order valence-corrected chi connectivity index (χ3v) is 6.24. The topological polar surface area (TPSA) is 29.5 Å². The number of fused-ring (bicyclic) bond motifs is 1. The van der Waals surface area contributed by atoms with E-state index in [1.807, 2.05) is 34.5 Å². The highest BCUT2D eigenvalue weighted by atomic mass is 32.1. The van der Waals surface area contributed by atoms with Crippen molar-refractivity contribution in [3.8, 4) is 5.75 Å². The lowest BCUT2D eigenvalue weighted by Crippen LogP contribution is -2.39. The molecule has 2 aromatic heterocycles. The van der Waals surface area contributed by atoms with E-state index in [-0.39, 0.29) is 11.9 Å². The lowest BCUT2D eigenvalue weighted by molar-refractivity contribution is 0.0701. The number of ether oxygens (including phenoxy) is 1. The van der Waals surface area contributed by atoms with E-state index in [0.717, 1.165) is 29.2 Å². The number of carbonyl (C=O) groups is 1. The number of nitrogens with zero attached hydrogens (tertiary/aromatic N) is 1. The van der Waals surface area contributed by atoms with Gasteiger partial charge in [-0.05, 0) is 52.6 Å². The van der Waals surface area contributed by atoms with Crippen LogP contribution in [0.4, 0.5) is 0 Å². The van der Waals surface area contributed by atoms with Crippen LogP contribution >= 0.6 is 22.7 Å². The predicted octanol–water partition coefficient (Wildman–Crippen LogP) is 4.61. The number of hydrogen-bond donors (Lipinski definition) is 0. The molecule has 0 saturated heterocycles. The first-order valence-electron chi connectivity index (χ1n) is 7.82. The predicted molar refractivity (Wildman–Crippen MR) is 98.2 cm³/mol. The average molecular weight is 355 g/mol. The van der Waals surface area contributed by atoms with Gasteiger partial charge < -0.3 is 9.64 Å². The lowest BCUT2D eigenvalue weighted by Gasteiger charge is -2.36. The summed E-state index contributed by atoms with van der Waals surface area (Å²) in [6.07, 6.45) is 0.927. The molecule has 5 heteroatoms. The Balaban J connectivity index is 1.76. The van der Waals surface area contributed by atoms with E-state index in [1.165, 1.54) is 21.8 Å². The molecule has 0 fully saturated rings. The summed E-state index contributed by atoms with van der Waals surface area (Å²) in [6, 6.07) is 14.0. The molecule has 0 bridgehead atoms. The fourth-order valence-corrected chi connectivity index (χ4v) is 4.81. The molecule has 0 N–H and O–H groups in total. The van der Waals surface area contributed by atoms with Gasteiger partial charge in [0.05, 0.1) is 18.0 Å². The highest BCUT2D eigenvalue weighted by Gasteiger charge is 2.33. The largest absolute Gasteiger partial charge is 0.497 e. The van der Waals surface area contributed by atoms with E-state index in [4.69, 9.17) is 4.74 Å². The molecular formula is C19H17NO2S2. The molecule has 0 radical (unpaired) electrons. The second-order valence-electron chi connectivity index (χ2n) is 5.70. The standard InChI is InChI=1S/C19H17NO2S2/c1-22-14-6-4-13(5-7-14)18-15-9-12-24-16(15)8-10-20(18)19(21)17-3-2-11-23-17/h2-7,9,11-12,18H,8,10H2,1H3. The first-order valence-corrected chi connectivity index (χ1v) is 9.58. The van der Waals surface area contributed by atoms with Crippen molar-refractivity contribution in [2.45, 2.75) is 12.5 Å². The molecule has 3 heterocycles. The van der Waals surface area contributed by atoms with E-state index in [0.29, 0.717) is 0 Å². The van der Waals surface area contributed by atoms with Gasteiger partial charge in [0.2, 0.25) is 0 Å². The molecule has 122 valence electrons. The first-order chi connectivity index (χ1) is 11.8. The number of thiophene rings is 2. The van der Waals surface area contributed by atoms with Crippen LogP contribution in [-0.4, -0.2) is 24.5 Å². The fraction of sp³-hybridized carbons (Fsp3) is 0.211. The van der Waals surface area contributed by atoms with Crippen molar-refractivity contribution in [1.82, 2.24) is 4.90 Å². The van der Waals surface area contributed by atoms with Crippen LogP contribution in [0.1, 0.15) is 31.7 Å². The smallest absolute Gasteiger partial charge is 0.264 e. The van der Waals surface area contributed by atoms with Crippen LogP contribution < -0.4 is 4.74 Å². The Morgan fingerprint density at radius 3 is 2.67 bits per heavy atom. The molecule has 1 atom stereocenters. The van der Waals surface area contributed by atoms with Gasteiger partial charge >= 0.3 is 0 Å². The van der Waals surface area contributed by atoms with Crippen LogP contribution in [0, 0.1) is 0 Å². The van der Waals surface area contributed by atoms with Gasteiger partial charge in [0.15, 0.2) is 0 Å². The van der Waals surface area contributed by atoms with Crippen LogP contribution in [0.5, 0.6) is 5.75 Å². The summed E-state index contributed by atoms with van der Waals surface area (Å²) in [5, 5.41) is 4.08. The van der Waals surface area contributed by atoms with Gasteiger partial charge in [-0.15, -0.1) is 22.7 Å². The molecule has 0 saturated carbocycles. The molecule has 24 heavy (non-hydrogen) atoms. The van der Waals surface area contributed by atoms with Crippen molar-refractivity contribution in [1.29, 1.82) is 0 Å². The molecule has 1 aromatic carbocycles. The van der Waals surface area contributed by atoms with Crippen molar-refractivity contribution < 1.29 is 9.53 Å². The van der Waals surface area contributed by atoms with Gasteiger partial charge in [-0.25, -0.2) is 0 Å².